The molecule has 1 atom stereocenters. The topological polar surface area (TPSA) is 17.1 Å². The molecule has 0 aromatic carbocycles. The Morgan fingerprint density at radius 2 is 2.36 bits per heavy atom. The largest absolute Gasteiger partial charge is 0.295 e. The van der Waals surface area contributed by atoms with E-state index < -0.39 is 0 Å². The molecule has 1 aliphatic rings. The molecule has 0 fully saturated rings. The van der Waals surface area contributed by atoms with E-state index in [9.17, 15) is 4.79 Å². The minimum Gasteiger partial charge on any atom is -0.295 e. The first-order valence-electron chi connectivity index (χ1n) is 4.45. The van der Waals surface area contributed by atoms with Crippen LogP contribution in [0.3, 0.4) is 0 Å². The van der Waals surface area contributed by atoms with Gasteiger partial charge < -0.3 is 0 Å². The Morgan fingerprint density at radius 1 is 1.64 bits per heavy atom. The molecule has 1 aliphatic carbocycles. The molecule has 0 aromatic rings. The van der Waals surface area contributed by atoms with Gasteiger partial charge in [-0.15, -0.1) is 0 Å². The SMILES string of the molecule is CCCC1CCC(=O)C=C1C. The van der Waals surface area contributed by atoms with Crippen LogP contribution in [0.5, 0.6) is 0 Å². The average molecular weight is 152 g/mol. The van der Waals surface area contributed by atoms with Gasteiger partial charge >= 0.3 is 0 Å². The molecule has 1 unspecified atom stereocenters. The minimum absolute atomic E-state index is 0.315. The summed E-state index contributed by atoms with van der Waals surface area (Å²) in [6.45, 7) is 4.28. The molecule has 0 aliphatic heterocycles. The van der Waals surface area contributed by atoms with Crippen LogP contribution in [-0.4, -0.2) is 5.78 Å². The van der Waals surface area contributed by atoms with Crippen LogP contribution < -0.4 is 0 Å². The molecule has 0 aromatic heterocycles. The first-order valence-corrected chi connectivity index (χ1v) is 4.45. The summed E-state index contributed by atoms with van der Waals surface area (Å²) in [5.41, 5.74) is 1.29. The third kappa shape index (κ3) is 2.18. The Labute approximate surface area is 68.5 Å². The lowest BCUT2D eigenvalue weighted by molar-refractivity contribution is -0.115. The molecule has 0 N–H and O–H groups in total. The molecular formula is C10H16O. The van der Waals surface area contributed by atoms with E-state index in [1.54, 1.807) is 0 Å². The number of hydrogen-bond acceptors (Lipinski definition) is 1. The molecule has 0 heterocycles. The van der Waals surface area contributed by atoms with Gasteiger partial charge in [-0.05, 0) is 31.8 Å². The normalized spacial score (nSPS) is 25.1. The van der Waals surface area contributed by atoms with Gasteiger partial charge in [0, 0.05) is 6.42 Å². The lowest BCUT2D eigenvalue weighted by Gasteiger charge is -2.19. The van der Waals surface area contributed by atoms with Crippen LogP contribution >= 0.6 is 0 Å². The predicted octanol–water partition coefficient (Wildman–Crippen LogP) is 2.71. The molecule has 11 heavy (non-hydrogen) atoms. The molecule has 0 saturated heterocycles. The second-order valence-corrected chi connectivity index (χ2v) is 3.38. The van der Waals surface area contributed by atoms with Crippen LogP contribution in [0.2, 0.25) is 0 Å². The Hall–Kier alpha value is -0.590. The van der Waals surface area contributed by atoms with Gasteiger partial charge in [-0.2, -0.15) is 0 Å². The number of allylic oxidation sites excluding steroid dienone is 2. The highest BCUT2D eigenvalue weighted by Gasteiger charge is 2.16. The number of ketones is 1. The summed E-state index contributed by atoms with van der Waals surface area (Å²) in [5.74, 6) is 1.01. The summed E-state index contributed by atoms with van der Waals surface area (Å²) in [7, 11) is 0. The van der Waals surface area contributed by atoms with Crippen molar-refractivity contribution in [1.82, 2.24) is 0 Å². The summed E-state index contributed by atoms with van der Waals surface area (Å²) >= 11 is 0. The van der Waals surface area contributed by atoms with Crippen LogP contribution in [0.4, 0.5) is 0 Å². The van der Waals surface area contributed by atoms with Crippen LogP contribution in [0, 0.1) is 5.92 Å². The van der Waals surface area contributed by atoms with E-state index in [1.165, 1.54) is 18.4 Å². The van der Waals surface area contributed by atoms with E-state index >= 15 is 0 Å². The minimum atomic E-state index is 0.315. The number of rotatable bonds is 2. The molecule has 0 bridgehead atoms. The second kappa shape index (κ2) is 3.70. The quantitative estimate of drug-likeness (QED) is 0.594. The molecule has 1 nitrogen and oxygen atoms in total. The van der Waals surface area contributed by atoms with Crippen molar-refractivity contribution in [1.29, 1.82) is 0 Å². The molecule has 0 saturated carbocycles. The van der Waals surface area contributed by atoms with Crippen molar-refractivity contribution in [3.8, 4) is 0 Å². The number of hydrogen-bond donors (Lipinski definition) is 0. The standard InChI is InChI=1S/C10H16O/c1-3-4-9-5-6-10(11)7-8(9)2/h7,9H,3-6H2,1-2H3. The number of carbonyl (C=O) groups is 1. The Morgan fingerprint density at radius 3 is 2.91 bits per heavy atom. The molecule has 0 spiro atoms. The summed E-state index contributed by atoms with van der Waals surface area (Å²) in [6.07, 6.45) is 6.14. The van der Waals surface area contributed by atoms with Gasteiger partial charge in [0.2, 0.25) is 0 Å². The number of carbonyl (C=O) groups excluding carboxylic acids is 1. The van der Waals surface area contributed by atoms with E-state index in [-0.39, 0.29) is 0 Å². The fraction of sp³-hybridized carbons (Fsp3) is 0.700. The molecule has 0 radical (unpaired) electrons. The van der Waals surface area contributed by atoms with Crippen molar-refractivity contribution in [2.45, 2.75) is 39.5 Å². The molecule has 62 valence electrons. The summed E-state index contributed by atoms with van der Waals surface area (Å²) in [4.78, 5) is 10.9. The third-order valence-corrected chi connectivity index (χ3v) is 2.41. The highest BCUT2D eigenvalue weighted by atomic mass is 16.1. The Kier molecular flexibility index (Phi) is 2.86. The average Bonchev–Trinajstić information content (AvgIpc) is 1.95. The lowest BCUT2D eigenvalue weighted by atomic mass is 9.85. The first-order chi connectivity index (χ1) is 5.24. The van der Waals surface area contributed by atoms with Crippen LogP contribution in [0.25, 0.3) is 0 Å². The van der Waals surface area contributed by atoms with E-state index in [0.29, 0.717) is 11.7 Å². The predicted molar refractivity (Wildman–Crippen MR) is 46.4 cm³/mol. The van der Waals surface area contributed by atoms with Crippen LogP contribution in [0.15, 0.2) is 11.6 Å². The highest BCUT2D eigenvalue weighted by molar-refractivity contribution is 5.91. The van der Waals surface area contributed by atoms with Gasteiger partial charge in [-0.1, -0.05) is 18.9 Å². The van der Waals surface area contributed by atoms with Crippen LogP contribution in [0.1, 0.15) is 39.5 Å². The molecule has 0 amide bonds. The van der Waals surface area contributed by atoms with Crippen molar-refractivity contribution >= 4 is 5.78 Å². The van der Waals surface area contributed by atoms with Crippen molar-refractivity contribution in [3.63, 3.8) is 0 Å². The summed E-state index contributed by atoms with van der Waals surface area (Å²) in [5, 5.41) is 0. The van der Waals surface area contributed by atoms with Gasteiger partial charge in [0.25, 0.3) is 0 Å². The third-order valence-electron chi connectivity index (χ3n) is 2.41. The van der Waals surface area contributed by atoms with Gasteiger partial charge in [0.05, 0.1) is 0 Å². The van der Waals surface area contributed by atoms with E-state index in [1.807, 2.05) is 6.08 Å². The first kappa shape index (κ1) is 8.51. The van der Waals surface area contributed by atoms with Gasteiger partial charge in [0.15, 0.2) is 5.78 Å². The van der Waals surface area contributed by atoms with Crippen molar-refractivity contribution < 1.29 is 4.79 Å². The monoisotopic (exact) mass is 152 g/mol. The summed E-state index contributed by atoms with van der Waals surface area (Å²) in [6, 6.07) is 0. The smallest absolute Gasteiger partial charge is 0.155 e. The maximum absolute atomic E-state index is 10.9. The lowest BCUT2D eigenvalue weighted by Crippen LogP contribution is -2.11. The highest BCUT2D eigenvalue weighted by Crippen LogP contribution is 2.26. The van der Waals surface area contributed by atoms with Crippen molar-refractivity contribution in [2.75, 3.05) is 0 Å². The Bertz CT molecular complexity index is 179. The molecule has 1 heteroatoms. The fourth-order valence-electron chi connectivity index (χ4n) is 1.71. The fourth-order valence-corrected chi connectivity index (χ4v) is 1.71. The van der Waals surface area contributed by atoms with Gasteiger partial charge in [-0.25, -0.2) is 0 Å². The molecular weight excluding hydrogens is 136 g/mol. The van der Waals surface area contributed by atoms with E-state index in [2.05, 4.69) is 13.8 Å². The maximum atomic E-state index is 10.9. The zero-order chi connectivity index (χ0) is 8.27. The zero-order valence-electron chi connectivity index (χ0n) is 7.39. The Balaban J connectivity index is 2.57. The molecule has 1 rings (SSSR count). The van der Waals surface area contributed by atoms with E-state index in [4.69, 9.17) is 0 Å². The van der Waals surface area contributed by atoms with E-state index in [0.717, 1.165) is 12.8 Å². The van der Waals surface area contributed by atoms with Gasteiger partial charge in [-0.3, -0.25) is 4.79 Å². The maximum Gasteiger partial charge on any atom is 0.155 e. The van der Waals surface area contributed by atoms with Gasteiger partial charge in [0.1, 0.15) is 0 Å². The van der Waals surface area contributed by atoms with Crippen LogP contribution in [-0.2, 0) is 4.79 Å². The van der Waals surface area contributed by atoms with Crippen molar-refractivity contribution in [2.24, 2.45) is 5.92 Å². The summed E-state index contributed by atoms with van der Waals surface area (Å²) < 4.78 is 0. The second-order valence-electron chi connectivity index (χ2n) is 3.38. The van der Waals surface area contributed by atoms with Crippen molar-refractivity contribution in [3.05, 3.63) is 11.6 Å². The zero-order valence-corrected chi connectivity index (χ0v) is 7.39.